The van der Waals surface area contributed by atoms with Crippen LogP contribution in [-0.4, -0.2) is 20.9 Å². The molecule has 0 saturated heterocycles. The Morgan fingerprint density at radius 1 is 1.21 bits per heavy atom. The Bertz CT molecular complexity index is 1040. The van der Waals surface area contributed by atoms with Gasteiger partial charge in [-0.15, -0.1) is 0 Å². The largest absolute Gasteiger partial charge is 0.481 e. The Balaban J connectivity index is 1.52. The van der Waals surface area contributed by atoms with Gasteiger partial charge in [-0.1, -0.05) is 27.5 Å². The normalized spacial score (nSPS) is 32.3. The van der Waals surface area contributed by atoms with Crippen molar-refractivity contribution < 1.29 is 9.90 Å². The number of carboxylic acids is 1. The number of benzene rings is 1. The highest BCUT2D eigenvalue weighted by Gasteiger charge is 2.62. The molecule has 4 fully saturated rings. The zero-order chi connectivity index (χ0) is 20.4. The molecule has 4 aliphatic carbocycles. The van der Waals surface area contributed by atoms with Crippen molar-refractivity contribution in [1.29, 1.82) is 0 Å². The maximum atomic E-state index is 13.2. The van der Waals surface area contributed by atoms with E-state index in [4.69, 9.17) is 11.6 Å². The van der Waals surface area contributed by atoms with Crippen LogP contribution in [0.2, 0.25) is 5.02 Å². The summed E-state index contributed by atoms with van der Waals surface area (Å²) in [7, 11) is 0. The number of aliphatic carboxylic acids is 1. The molecule has 0 aliphatic heterocycles. The van der Waals surface area contributed by atoms with Gasteiger partial charge in [0.05, 0.1) is 22.8 Å². The Morgan fingerprint density at radius 3 is 2.48 bits per heavy atom. The highest BCUT2D eigenvalue weighted by molar-refractivity contribution is 9.10. The fourth-order valence-electron chi connectivity index (χ4n) is 6.26. The second-order valence-corrected chi connectivity index (χ2v) is 10.3. The number of hydrogen-bond acceptors (Lipinski definition) is 4. The number of rotatable bonds is 4. The minimum Gasteiger partial charge on any atom is -0.481 e. The summed E-state index contributed by atoms with van der Waals surface area (Å²) in [5.41, 5.74) is -0.372. The molecular weight excluding hydrogens is 458 g/mol. The number of hydrogen-bond donors (Lipinski definition) is 2. The van der Waals surface area contributed by atoms with E-state index in [-0.39, 0.29) is 10.6 Å². The van der Waals surface area contributed by atoms with E-state index in [1.807, 2.05) is 24.3 Å². The third-order valence-electron chi connectivity index (χ3n) is 6.98. The fraction of sp³-hybridized carbons (Fsp3) is 0.476. The third kappa shape index (κ3) is 3.01. The Hall–Kier alpha value is -1.86. The van der Waals surface area contributed by atoms with Gasteiger partial charge in [-0.05, 0) is 74.6 Å². The van der Waals surface area contributed by atoms with Gasteiger partial charge < -0.3 is 10.4 Å². The van der Waals surface area contributed by atoms with Crippen LogP contribution in [0.5, 0.6) is 0 Å². The van der Waals surface area contributed by atoms with Crippen LogP contribution in [0.25, 0.3) is 0 Å². The first-order chi connectivity index (χ1) is 13.8. The van der Waals surface area contributed by atoms with Crippen LogP contribution in [0.3, 0.4) is 0 Å². The fourth-order valence-corrected chi connectivity index (χ4v) is 6.70. The highest BCUT2D eigenvalue weighted by Crippen LogP contribution is 2.63. The summed E-state index contributed by atoms with van der Waals surface area (Å²) in [6.07, 6.45) is 6.15. The molecule has 2 aromatic rings. The first kappa shape index (κ1) is 19.1. The number of aromatic nitrogens is 2. The molecule has 2 atom stereocenters. The van der Waals surface area contributed by atoms with Gasteiger partial charge in [-0.2, -0.15) is 5.10 Å². The molecule has 6 nitrogen and oxygen atoms in total. The van der Waals surface area contributed by atoms with E-state index in [1.165, 1.54) is 4.68 Å². The molecule has 4 saturated carbocycles. The molecule has 0 radical (unpaired) electrons. The Labute approximate surface area is 181 Å². The lowest BCUT2D eigenvalue weighted by Crippen LogP contribution is -2.61. The van der Waals surface area contributed by atoms with E-state index in [0.717, 1.165) is 29.4 Å². The molecule has 4 aliphatic rings. The summed E-state index contributed by atoms with van der Waals surface area (Å²) < 4.78 is 2.45. The standard InChI is InChI=1S/C21H21BrClN3O3/c22-14-1-3-15(4-2-14)25-16-10-24-26(18(27)17(16)23)21-8-12-5-13(9-21)7-20(6-12,11-21)19(28)29/h1-4,10,12-13,25H,5-9,11H2,(H,28,29). The van der Waals surface area contributed by atoms with Crippen molar-refractivity contribution in [1.82, 2.24) is 9.78 Å². The van der Waals surface area contributed by atoms with Crippen molar-refractivity contribution in [3.05, 3.63) is 50.3 Å². The number of carbonyl (C=O) groups is 1. The van der Waals surface area contributed by atoms with Crippen LogP contribution in [0.1, 0.15) is 38.5 Å². The second-order valence-electron chi connectivity index (χ2n) is 8.99. The summed E-state index contributed by atoms with van der Waals surface area (Å²) >= 11 is 9.85. The molecule has 6 rings (SSSR count). The van der Waals surface area contributed by atoms with E-state index >= 15 is 0 Å². The van der Waals surface area contributed by atoms with E-state index in [1.54, 1.807) is 6.20 Å². The van der Waals surface area contributed by atoms with Gasteiger partial charge in [-0.25, -0.2) is 4.68 Å². The number of nitrogens with one attached hydrogen (secondary N) is 1. The van der Waals surface area contributed by atoms with Crippen LogP contribution in [0.4, 0.5) is 11.4 Å². The van der Waals surface area contributed by atoms with Crippen LogP contribution < -0.4 is 10.9 Å². The van der Waals surface area contributed by atoms with Crippen molar-refractivity contribution in [2.45, 2.75) is 44.1 Å². The zero-order valence-corrected chi connectivity index (χ0v) is 18.0. The molecule has 1 heterocycles. The average Bonchev–Trinajstić information content (AvgIpc) is 2.66. The third-order valence-corrected chi connectivity index (χ3v) is 7.87. The lowest BCUT2D eigenvalue weighted by atomic mass is 9.47. The van der Waals surface area contributed by atoms with Gasteiger partial charge in [-0.3, -0.25) is 9.59 Å². The molecule has 2 unspecified atom stereocenters. The van der Waals surface area contributed by atoms with Crippen LogP contribution >= 0.6 is 27.5 Å². The monoisotopic (exact) mass is 477 g/mol. The quantitative estimate of drug-likeness (QED) is 0.660. The second kappa shape index (κ2) is 6.57. The van der Waals surface area contributed by atoms with Crippen LogP contribution in [0, 0.1) is 17.3 Å². The maximum absolute atomic E-state index is 13.2. The lowest BCUT2D eigenvalue weighted by molar-refractivity contribution is -0.173. The predicted molar refractivity (Wildman–Crippen MR) is 114 cm³/mol. The minimum atomic E-state index is -0.733. The van der Waals surface area contributed by atoms with E-state index in [0.29, 0.717) is 36.8 Å². The lowest BCUT2D eigenvalue weighted by Gasteiger charge is -2.60. The SMILES string of the molecule is O=C(O)C12CC3CC(C1)CC(n1ncc(Nc4ccc(Br)cc4)c(Cl)c1=O)(C3)C2. The predicted octanol–water partition coefficient (Wildman–Crippen LogP) is 4.78. The van der Waals surface area contributed by atoms with Crippen molar-refractivity contribution in [3.8, 4) is 0 Å². The summed E-state index contributed by atoms with van der Waals surface area (Å²) in [5, 5.41) is 17.7. The van der Waals surface area contributed by atoms with Gasteiger partial charge in [0.25, 0.3) is 5.56 Å². The minimum absolute atomic E-state index is 0.0861. The number of carboxylic acid groups (broad SMARTS) is 1. The van der Waals surface area contributed by atoms with E-state index < -0.39 is 16.9 Å². The molecule has 152 valence electrons. The van der Waals surface area contributed by atoms with Gasteiger partial charge >= 0.3 is 5.97 Å². The Kier molecular flexibility index (Phi) is 4.33. The topological polar surface area (TPSA) is 84.2 Å². The average molecular weight is 479 g/mol. The van der Waals surface area contributed by atoms with Crippen molar-refractivity contribution in [2.75, 3.05) is 5.32 Å². The molecule has 0 spiro atoms. The van der Waals surface area contributed by atoms with E-state index in [9.17, 15) is 14.7 Å². The number of anilines is 2. The number of halogens is 2. The first-order valence-electron chi connectivity index (χ1n) is 9.85. The van der Waals surface area contributed by atoms with Crippen LogP contribution in [0.15, 0.2) is 39.7 Å². The molecule has 29 heavy (non-hydrogen) atoms. The molecule has 8 heteroatoms. The van der Waals surface area contributed by atoms with Crippen molar-refractivity contribution in [2.24, 2.45) is 17.3 Å². The molecule has 1 aromatic heterocycles. The molecule has 0 amide bonds. The Morgan fingerprint density at radius 2 is 1.86 bits per heavy atom. The summed E-state index contributed by atoms with van der Waals surface area (Å²) in [4.78, 5) is 25.3. The zero-order valence-electron chi connectivity index (χ0n) is 15.7. The van der Waals surface area contributed by atoms with Crippen LogP contribution in [-0.2, 0) is 10.3 Å². The van der Waals surface area contributed by atoms with Crippen molar-refractivity contribution in [3.63, 3.8) is 0 Å². The summed E-state index contributed by atoms with van der Waals surface area (Å²) in [5.74, 6) is -0.0653. The van der Waals surface area contributed by atoms with Gasteiger partial charge in [0.2, 0.25) is 0 Å². The van der Waals surface area contributed by atoms with Gasteiger partial charge in [0, 0.05) is 10.2 Å². The van der Waals surface area contributed by atoms with E-state index in [2.05, 4.69) is 26.3 Å². The summed E-state index contributed by atoms with van der Waals surface area (Å²) in [6, 6.07) is 7.54. The number of nitrogens with zero attached hydrogens (tertiary/aromatic N) is 2. The molecule has 4 bridgehead atoms. The first-order valence-corrected chi connectivity index (χ1v) is 11.0. The van der Waals surface area contributed by atoms with Crippen molar-refractivity contribution >= 4 is 44.9 Å². The molecule has 2 N–H and O–H groups in total. The van der Waals surface area contributed by atoms with Gasteiger partial charge in [0.15, 0.2) is 0 Å². The van der Waals surface area contributed by atoms with Gasteiger partial charge in [0.1, 0.15) is 5.02 Å². The molecule has 1 aromatic carbocycles. The smallest absolute Gasteiger partial charge is 0.309 e. The summed E-state index contributed by atoms with van der Waals surface area (Å²) in [6.45, 7) is 0. The maximum Gasteiger partial charge on any atom is 0.309 e. The molecular formula is C21H21BrClN3O3. The highest BCUT2D eigenvalue weighted by atomic mass is 79.9.